The normalized spacial score (nSPS) is 21.6. The number of rotatable bonds is 4. The molecule has 0 N–H and O–H groups in total. The van der Waals surface area contributed by atoms with Crippen LogP contribution in [0.15, 0.2) is 12.1 Å². The molecule has 0 radical (unpaired) electrons. The van der Waals surface area contributed by atoms with Crippen LogP contribution in [0.3, 0.4) is 0 Å². The molecule has 1 amide bonds. The van der Waals surface area contributed by atoms with Gasteiger partial charge in [0.15, 0.2) is 11.5 Å². The first-order valence-electron chi connectivity index (χ1n) is 10.1. The van der Waals surface area contributed by atoms with Crippen LogP contribution in [0.25, 0.3) is 5.65 Å². The second-order valence-corrected chi connectivity index (χ2v) is 9.41. The molecular formula is C20H31N7O. The second-order valence-electron chi connectivity index (χ2n) is 9.41. The Labute approximate surface area is 166 Å². The lowest BCUT2D eigenvalue weighted by Gasteiger charge is -2.46. The predicted octanol–water partition coefficient (Wildman–Crippen LogP) is 1.41. The van der Waals surface area contributed by atoms with Crippen molar-refractivity contribution in [3.63, 3.8) is 0 Å². The molecule has 2 aromatic rings. The molecule has 2 aliphatic rings. The first-order chi connectivity index (χ1) is 13.2. The number of nitrogens with zero attached hydrogens (tertiary/aromatic N) is 7. The minimum Gasteiger partial charge on any atom is -0.352 e. The topological polar surface area (TPSA) is 69.9 Å². The molecule has 0 aliphatic carbocycles. The number of likely N-dealkylation sites (N-methyl/N-ethyl adjacent to an activating group) is 1. The zero-order valence-corrected chi connectivity index (χ0v) is 17.6. The summed E-state index contributed by atoms with van der Waals surface area (Å²) in [4.78, 5) is 18.3. The van der Waals surface area contributed by atoms with Gasteiger partial charge in [0.25, 0.3) is 0 Å². The molecule has 1 unspecified atom stereocenters. The van der Waals surface area contributed by atoms with Crippen molar-refractivity contribution in [2.45, 2.75) is 45.1 Å². The maximum atomic E-state index is 11.7. The number of aromatic nitrogens is 4. The fourth-order valence-electron chi connectivity index (χ4n) is 4.14. The summed E-state index contributed by atoms with van der Waals surface area (Å²) in [5.74, 6) is 2.71. The third-order valence-corrected chi connectivity index (χ3v) is 6.00. The van der Waals surface area contributed by atoms with E-state index >= 15 is 0 Å². The fraction of sp³-hybridized carbons (Fsp3) is 0.700. The van der Waals surface area contributed by atoms with Crippen LogP contribution >= 0.6 is 0 Å². The second kappa shape index (κ2) is 6.99. The summed E-state index contributed by atoms with van der Waals surface area (Å²) < 4.78 is 1.88. The van der Waals surface area contributed by atoms with Gasteiger partial charge in [-0.3, -0.25) is 9.69 Å². The van der Waals surface area contributed by atoms with E-state index in [4.69, 9.17) is 5.10 Å². The molecule has 28 heavy (non-hydrogen) atoms. The summed E-state index contributed by atoms with van der Waals surface area (Å²) in [5.41, 5.74) is 0.691. The van der Waals surface area contributed by atoms with Gasteiger partial charge in [0.05, 0.1) is 0 Å². The molecule has 2 fully saturated rings. The summed E-state index contributed by atoms with van der Waals surface area (Å²) in [6, 6.07) is 4.56. The van der Waals surface area contributed by atoms with Gasteiger partial charge in [-0.05, 0) is 31.5 Å². The molecule has 0 aromatic carbocycles. The van der Waals surface area contributed by atoms with Crippen molar-refractivity contribution in [2.75, 3.05) is 45.2 Å². The highest BCUT2D eigenvalue weighted by Crippen LogP contribution is 2.26. The Hall–Kier alpha value is -2.22. The van der Waals surface area contributed by atoms with Crippen LogP contribution in [0.5, 0.6) is 0 Å². The van der Waals surface area contributed by atoms with Gasteiger partial charge in [-0.25, -0.2) is 0 Å². The lowest BCUT2D eigenvalue weighted by molar-refractivity contribution is -0.133. The molecule has 2 aliphatic heterocycles. The van der Waals surface area contributed by atoms with Crippen LogP contribution < -0.4 is 4.90 Å². The zero-order valence-electron chi connectivity index (χ0n) is 17.6. The standard InChI is InChI=1S/C20H31N7O/c1-20(2,3)19-22-21-16-7-8-17(23-27(16)19)26-12-15(13-26)24(4)10-14-6-9-18(28)25(5)11-14/h7-8,14-15H,6,9-13H2,1-5H3. The molecule has 0 bridgehead atoms. The van der Waals surface area contributed by atoms with Gasteiger partial charge in [-0.15, -0.1) is 15.3 Å². The Morgan fingerprint density at radius 3 is 2.61 bits per heavy atom. The van der Waals surface area contributed by atoms with Gasteiger partial charge in [-0.1, -0.05) is 20.8 Å². The van der Waals surface area contributed by atoms with Crippen molar-refractivity contribution in [2.24, 2.45) is 5.92 Å². The smallest absolute Gasteiger partial charge is 0.222 e. The number of amides is 1. The third kappa shape index (κ3) is 3.57. The molecule has 4 heterocycles. The average Bonchev–Trinajstić information content (AvgIpc) is 3.00. The van der Waals surface area contributed by atoms with Gasteiger partial charge in [0, 0.05) is 51.1 Å². The van der Waals surface area contributed by atoms with Crippen molar-refractivity contribution in [3.8, 4) is 0 Å². The van der Waals surface area contributed by atoms with Gasteiger partial charge >= 0.3 is 0 Å². The lowest BCUT2D eigenvalue weighted by Crippen LogP contribution is -2.60. The van der Waals surface area contributed by atoms with E-state index in [1.807, 2.05) is 28.6 Å². The van der Waals surface area contributed by atoms with Crippen LogP contribution in [-0.2, 0) is 10.2 Å². The van der Waals surface area contributed by atoms with Gasteiger partial charge in [0.2, 0.25) is 5.91 Å². The molecule has 8 heteroatoms. The summed E-state index contributed by atoms with van der Waals surface area (Å²) in [6.45, 7) is 10.3. The molecular weight excluding hydrogens is 354 g/mol. The van der Waals surface area contributed by atoms with E-state index in [1.165, 1.54) is 0 Å². The Morgan fingerprint density at radius 1 is 1.18 bits per heavy atom. The largest absolute Gasteiger partial charge is 0.352 e. The minimum atomic E-state index is -0.0999. The fourth-order valence-corrected chi connectivity index (χ4v) is 4.14. The third-order valence-electron chi connectivity index (χ3n) is 6.00. The highest BCUT2D eigenvalue weighted by Gasteiger charge is 2.33. The Bertz CT molecular complexity index is 865. The number of carbonyl (C=O) groups excluding carboxylic acids is 1. The molecule has 0 spiro atoms. The Kier molecular flexibility index (Phi) is 4.77. The molecule has 1 atom stereocenters. The zero-order chi connectivity index (χ0) is 20.1. The van der Waals surface area contributed by atoms with Crippen LogP contribution in [0.4, 0.5) is 5.82 Å². The summed E-state index contributed by atoms with van der Waals surface area (Å²) in [5, 5.41) is 13.4. The Balaban J connectivity index is 1.37. The minimum absolute atomic E-state index is 0.0999. The quantitative estimate of drug-likeness (QED) is 0.793. The van der Waals surface area contributed by atoms with Crippen LogP contribution in [-0.4, -0.2) is 81.8 Å². The van der Waals surface area contributed by atoms with Crippen LogP contribution in [0.1, 0.15) is 39.4 Å². The molecule has 0 saturated carbocycles. The number of piperidine rings is 1. The van der Waals surface area contributed by atoms with E-state index in [2.05, 4.69) is 47.8 Å². The average molecular weight is 386 g/mol. The van der Waals surface area contributed by atoms with E-state index in [0.717, 1.165) is 49.9 Å². The van der Waals surface area contributed by atoms with Crippen LogP contribution in [0, 0.1) is 5.92 Å². The number of carbonyl (C=O) groups is 1. The van der Waals surface area contributed by atoms with Crippen molar-refractivity contribution in [3.05, 3.63) is 18.0 Å². The Morgan fingerprint density at radius 2 is 1.93 bits per heavy atom. The number of fused-ring (bicyclic) bond motifs is 1. The highest BCUT2D eigenvalue weighted by atomic mass is 16.2. The van der Waals surface area contributed by atoms with E-state index < -0.39 is 0 Å². The van der Waals surface area contributed by atoms with Crippen LogP contribution in [0.2, 0.25) is 0 Å². The maximum Gasteiger partial charge on any atom is 0.222 e. The molecule has 152 valence electrons. The molecule has 4 rings (SSSR count). The van der Waals surface area contributed by atoms with E-state index in [0.29, 0.717) is 18.4 Å². The summed E-state index contributed by atoms with van der Waals surface area (Å²) in [6.07, 6.45) is 1.69. The number of likely N-dealkylation sites (tertiary alicyclic amines) is 1. The van der Waals surface area contributed by atoms with Gasteiger partial charge in [-0.2, -0.15) is 4.52 Å². The van der Waals surface area contributed by atoms with Gasteiger partial charge in [0.1, 0.15) is 5.82 Å². The number of hydrogen-bond donors (Lipinski definition) is 0. The summed E-state index contributed by atoms with van der Waals surface area (Å²) in [7, 11) is 4.12. The first-order valence-corrected chi connectivity index (χ1v) is 10.1. The van der Waals surface area contributed by atoms with Crippen molar-refractivity contribution >= 4 is 17.4 Å². The van der Waals surface area contributed by atoms with Crippen molar-refractivity contribution in [1.82, 2.24) is 29.6 Å². The lowest BCUT2D eigenvalue weighted by atomic mass is 9.96. The molecule has 2 aromatic heterocycles. The maximum absolute atomic E-state index is 11.7. The monoisotopic (exact) mass is 385 g/mol. The number of anilines is 1. The molecule has 8 nitrogen and oxygen atoms in total. The number of hydrogen-bond acceptors (Lipinski definition) is 6. The summed E-state index contributed by atoms with van der Waals surface area (Å²) >= 11 is 0. The van der Waals surface area contributed by atoms with E-state index in [9.17, 15) is 4.79 Å². The van der Waals surface area contributed by atoms with Crippen molar-refractivity contribution in [1.29, 1.82) is 0 Å². The SMILES string of the molecule is CN1CC(CN(C)C2CN(c3ccc4nnc(C(C)(C)C)n4n3)C2)CCC1=O. The van der Waals surface area contributed by atoms with Gasteiger partial charge < -0.3 is 9.80 Å². The van der Waals surface area contributed by atoms with E-state index in [1.54, 1.807) is 0 Å². The first kappa shape index (κ1) is 19.1. The highest BCUT2D eigenvalue weighted by molar-refractivity contribution is 5.76. The molecule has 2 saturated heterocycles. The van der Waals surface area contributed by atoms with E-state index in [-0.39, 0.29) is 11.3 Å². The predicted molar refractivity (Wildman–Crippen MR) is 108 cm³/mol. The van der Waals surface area contributed by atoms with Crippen molar-refractivity contribution < 1.29 is 4.79 Å².